The maximum atomic E-state index is 11.3. The first kappa shape index (κ1) is 14.2. The Morgan fingerprint density at radius 3 is 2.78 bits per heavy atom. The van der Waals surface area contributed by atoms with E-state index in [0.29, 0.717) is 13.2 Å². The molecule has 0 aromatic heterocycles. The molecule has 0 saturated heterocycles. The Morgan fingerprint density at radius 1 is 1.39 bits per heavy atom. The van der Waals surface area contributed by atoms with Gasteiger partial charge in [0.2, 0.25) is 5.91 Å². The third-order valence-corrected chi connectivity index (χ3v) is 2.72. The summed E-state index contributed by atoms with van der Waals surface area (Å²) in [5.41, 5.74) is 5.34. The van der Waals surface area contributed by atoms with Crippen molar-refractivity contribution >= 4 is 22.8 Å². The van der Waals surface area contributed by atoms with Gasteiger partial charge in [-0.2, -0.15) is 5.10 Å². The molecule has 0 aliphatic rings. The summed E-state index contributed by atoms with van der Waals surface area (Å²) in [6.45, 7) is 0.856. The predicted octanol–water partition coefficient (Wildman–Crippen LogP) is 0.103. The zero-order valence-electron chi connectivity index (χ0n) is 9.83. The molecule has 0 unspecified atom stereocenters. The number of carbonyl (C=O) groups is 1. The first-order valence-corrected chi connectivity index (χ1v) is 6.31. The molecule has 0 radical (unpaired) electrons. The number of amides is 1. The zero-order valence-corrected chi connectivity index (χ0v) is 10.7. The van der Waals surface area contributed by atoms with E-state index in [1.54, 1.807) is 0 Å². The summed E-state index contributed by atoms with van der Waals surface area (Å²) in [6, 6.07) is 9.40. The van der Waals surface area contributed by atoms with Crippen molar-refractivity contribution in [2.75, 3.05) is 18.9 Å². The summed E-state index contributed by atoms with van der Waals surface area (Å²) < 4.78 is 5.41. The van der Waals surface area contributed by atoms with Gasteiger partial charge < -0.3 is 21.6 Å². The van der Waals surface area contributed by atoms with Crippen molar-refractivity contribution in [1.29, 1.82) is 0 Å². The van der Waals surface area contributed by atoms with Crippen molar-refractivity contribution in [3.05, 3.63) is 30.3 Å². The fourth-order valence-electron chi connectivity index (χ4n) is 1.10. The number of ether oxygens (including phenoxy) is 1. The lowest BCUT2D eigenvalue weighted by Gasteiger charge is -2.07. The van der Waals surface area contributed by atoms with Crippen LogP contribution in [0.2, 0.25) is 0 Å². The molecule has 1 amide bonds. The average Bonchev–Trinajstić information content (AvgIpc) is 2.42. The van der Waals surface area contributed by atoms with Crippen LogP contribution in [0.3, 0.4) is 0 Å². The average molecular weight is 268 g/mol. The van der Waals surface area contributed by atoms with Gasteiger partial charge in [0.05, 0.1) is 12.3 Å². The smallest absolute Gasteiger partial charge is 0.230 e. The fourth-order valence-corrected chi connectivity index (χ4v) is 1.56. The predicted molar refractivity (Wildman–Crippen MR) is 73.2 cm³/mol. The Balaban J connectivity index is 2.09. The van der Waals surface area contributed by atoms with Crippen molar-refractivity contribution < 1.29 is 9.53 Å². The van der Waals surface area contributed by atoms with Crippen molar-refractivity contribution in [2.24, 2.45) is 16.7 Å². The molecular formula is C11H16N4O2S. The number of benzene rings is 1. The molecule has 0 atom stereocenters. The first-order chi connectivity index (χ1) is 8.72. The SMILES string of the molecule is NN=C(N)SCC(=O)NCCOc1ccccc1. The summed E-state index contributed by atoms with van der Waals surface area (Å²) >= 11 is 1.09. The Bertz CT molecular complexity index is 397. The number of carbonyl (C=O) groups excluding carboxylic acids is 1. The Morgan fingerprint density at radius 2 is 2.11 bits per heavy atom. The van der Waals surface area contributed by atoms with Crippen LogP contribution in [0.4, 0.5) is 0 Å². The highest BCUT2D eigenvalue weighted by Crippen LogP contribution is 2.07. The Labute approximate surface area is 110 Å². The van der Waals surface area contributed by atoms with Crippen molar-refractivity contribution in [2.45, 2.75) is 0 Å². The van der Waals surface area contributed by atoms with Gasteiger partial charge in [-0.25, -0.2) is 0 Å². The minimum atomic E-state index is -0.136. The normalized spacial score (nSPS) is 11.0. The second-order valence-electron chi connectivity index (χ2n) is 3.27. The zero-order chi connectivity index (χ0) is 13.2. The third kappa shape index (κ3) is 6.00. The molecule has 0 heterocycles. The highest BCUT2D eigenvalue weighted by molar-refractivity contribution is 8.14. The fraction of sp³-hybridized carbons (Fsp3) is 0.273. The highest BCUT2D eigenvalue weighted by Gasteiger charge is 2.02. The molecule has 0 bridgehead atoms. The maximum absolute atomic E-state index is 11.3. The van der Waals surface area contributed by atoms with E-state index in [1.165, 1.54) is 0 Å². The number of hydrogen-bond donors (Lipinski definition) is 3. The molecule has 1 aromatic rings. The van der Waals surface area contributed by atoms with Crippen molar-refractivity contribution in [1.82, 2.24) is 5.32 Å². The maximum Gasteiger partial charge on any atom is 0.230 e. The Hall–Kier alpha value is -1.89. The van der Waals surface area contributed by atoms with E-state index in [0.717, 1.165) is 17.5 Å². The Kier molecular flexibility index (Phi) is 6.49. The number of amidine groups is 1. The van der Waals surface area contributed by atoms with Crippen molar-refractivity contribution in [3.63, 3.8) is 0 Å². The molecule has 6 nitrogen and oxygen atoms in total. The minimum absolute atomic E-state index is 0.136. The number of rotatable bonds is 6. The number of para-hydroxylation sites is 1. The topological polar surface area (TPSA) is 103 Å². The summed E-state index contributed by atoms with van der Waals surface area (Å²) in [4.78, 5) is 11.3. The van der Waals surface area contributed by atoms with E-state index in [9.17, 15) is 4.79 Å². The number of hydrogen-bond acceptors (Lipinski definition) is 5. The molecule has 18 heavy (non-hydrogen) atoms. The van der Waals surface area contributed by atoms with Gasteiger partial charge in [-0.1, -0.05) is 30.0 Å². The number of nitrogens with one attached hydrogen (secondary N) is 1. The van der Waals surface area contributed by atoms with Crippen LogP contribution in [0.25, 0.3) is 0 Å². The summed E-state index contributed by atoms with van der Waals surface area (Å²) in [6.07, 6.45) is 0. The van der Waals surface area contributed by atoms with E-state index >= 15 is 0 Å². The summed E-state index contributed by atoms with van der Waals surface area (Å²) in [7, 11) is 0. The van der Waals surface area contributed by atoms with Crippen LogP contribution in [0, 0.1) is 0 Å². The van der Waals surface area contributed by atoms with Gasteiger partial charge in [0.1, 0.15) is 12.4 Å². The minimum Gasteiger partial charge on any atom is -0.492 e. The molecular weight excluding hydrogens is 252 g/mol. The largest absolute Gasteiger partial charge is 0.492 e. The second-order valence-corrected chi connectivity index (χ2v) is 4.26. The molecule has 98 valence electrons. The van der Waals surface area contributed by atoms with Crippen LogP contribution < -0.4 is 21.6 Å². The molecule has 1 rings (SSSR count). The molecule has 0 aliphatic heterocycles. The second kappa shape index (κ2) is 8.24. The number of nitrogens with two attached hydrogens (primary N) is 2. The summed E-state index contributed by atoms with van der Waals surface area (Å²) in [5, 5.41) is 6.13. The van der Waals surface area contributed by atoms with Crippen LogP contribution in [0.15, 0.2) is 35.4 Å². The molecule has 0 aliphatic carbocycles. The van der Waals surface area contributed by atoms with Gasteiger partial charge in [0.15, 0.2) is 5.17 Å². The van der Waals surface area contributed by atoms with E-state index in [4.69, 9.17) is 16.3 Å². The molecule has 1 aromatic carbocycles. The lowest BCUT2D eigenvalue weighted by atomic mass is 10.3. The van der Waals surface area contributed by atoms with Crippen LogP contribution in [-0.4, -0.2) is 30.0 Å². The van der Waals surface area contributed by atoms with Gasteiger partial charge in [0.25, 0.3) is 0 Å². The molecule has 0 spiro atoms. The van der Waals surface area contributed by atoms with Crippen LogP contribution in [0.5, 0.6) is 5.75 Å². The van der Waals surface area contributed by atoms with Gasteiger partial charge >= 0.3 is 0 Å². The van der Waals surface area contributed by atoms with Gasteiger partial charge in [0, 0.05) is 0 Å². The molecule has 0 saturated carbocycles. The van der Waals surface area contributed by atoms with Crippen molar-refractivity contribution in [3.8, 4) is 5.75 Å². The van der Waals surface area contributed by atoms with Crippen LogP contribution >= 0.6 is 11.8 Å². The number of thioether (sulfide) groups is 1. The number of nitrogens with zero attached hydrogens (tertiary/aromatic N) is 1. The standard InChI is InChI=1S/C11H16N4O2S/c12-11(15-13)18-8-10(16)14-6-7-17-9-4-2-1-3-5-9/h1-5H,6-8,13H2,(H2,12,15)(H,14,16). The highest BCUT2D eigenvalue weighted by atomic mass is 32.2. The van der Waals surface area contributed by atoms with Crippen LogP contribution in [0.1, 0.15) is 0 Å². The van der Waals surface area contributed by atoms with E-state index in [1.807, 2.05) is 30.3 Å². The molecule has 0 fully saturated rings. The molecule has 5 N–H and O–H groups in total. The quantitative estimate of drug-likeness (QED) is 0.223. The lowest BCUT2D eigenvalue weighted by Crippen LogP contribution is -2.30. The summed E-state index contributed by atoms with van der Waals surface area (Å²) in [5.74, 6) is 5.77. The van der Waals surface area contributed by atoms with Gasteiger partial charge in [-0.05, 0) is 12.1 Å². The first-order valence-electron chi connectivity index (χ1n) is 5.33. The monoisotopic (exact) mass is 268 g/mol. The van der Waals surface area contributed by atoms with E-state index in [2.05, 4.69) is 10.4 Å². The van der Waals surface area contributed by atoms with Gasteiger partial charge in [-0.15, -0.1) is 0 Å². The van der Waals surface area contributed by atoms with E-state index < -0.39 is 0 Å². The molecule has 7 heteroatoms. The van der Waals surface area contributed by atoms with Crippen LogP contribution in [-0.2, 0) is 4.79 Å². The van der Waals surface area contributed by atoms with Gasteiger partial charge in [-0.3, -0.25) is 4.79 Å². The number of hydrazone groups is 1. The van der Waals surface area contributed by atoms with E-state index in [-0.39, 0.29) is 16.8 Å². The third-order valence-electron chi connectivity index (χ3n) is 1.91. The lowest BCUT2D eigenvalue weighted by molar-refractivity contribution is -0.118.